The summed E-state index contributed by atoms with van der Waals surface area (Å²) in [6, 6.07) is 10.1. The van der Waals surface area contributed by atoms with Gasteiger partial charge in [0.2, 0.25) is 0 Å². The maximum Gasteiger partial charge on any atom is 0.255 e. The van der Waals surface area contributed by atoms with Crippen LogP contribution < -0.4 is 10.6 Å². The summed E-state index contributed by atoms with van der Waals surface area (Å²) in [6.45, 7) is 4.06. The van der Waals surface area contributed by atoms with Gasteiger partial charge < -0.3 is 10.6 Å². The van der Waals surface area contributed by atoms with Crippen molar-refractivity contribution in [2.75, 3.05) is 10.6 Å². The second-order valence-corrected chi connectivity index (χ2v) is 7.02. The van der Waals surface area contributed by atoms with Crippen molar-refractivity contribution in [3.05, 3.63) is 53.2 Å². The van der Waals surface area contributed by atoms with Crippen molar-refractivity contribution in [2.24, 2.45) is 0 Å². The normalized spacial score (nSPS) is 15.4. The van der Waals surface area contributed by atoms with Gasteiger partial charge in [-0.25, -0.2) is 4.98 Å². The molecule has 0 radical (unpaired) electrons. The molecule has 0 unspecified atom stereocenters. The molecule has 4 heteroatoms. The fraction of sp³-hybridized carbons (Fsp3) is 0.429. The van der Waals surface area contributed by atoms with Crippen molar-refractivity contribution in [2.45, 2.75) is 58.4 Å². The molecule has 3 rings (SSSR count). The van der Waals surface area contributed by atoms with E-state index in [0.717, 1.165) is 17.1 Å². The second kappa shape index (κ2) is 8.15. The van der Waals surface area contributed by atoms with Crippen LogP contribution in [0.1, 0.15) is 60.0 Å². The fourth-order valence-electron chi connectivity index (χ4n) is 3.27. The number of carbonyl (C=O) groups is 1. The first-order valence-corrected chi connectivity index (χ1v) is 9.23. The molecule has 1 fully saturated rings. The van der Waals surface area contributed by atoms with Crippen LogP contribution in [0.3, 0.4) is 0 Å². The summed E-state index contributed by atoms with van der Waals surface area (Å²) in [4.78, 5) is 16.8. The molecule has 0 aliphatic heterocycles. The minimum absolute atomic E-state index is 0.102. The second-order valence-electron chi connectivity index (χ2n) is 7.02. The summed E-state index contributed by atoms with van der Waals surface area (Å²) in [7, 11) is 0. The predicted molar refractivity (Wildman–Crippen MR) is 103 cm³/mol. The maximum absolute atomic E-state index is 12.4. The number of carbonyl (C=O) groups excluding carboxylic acids is 1. The number of nitrogens with zero attached hydrogens (tertiary/aromatic N) is 1. The topological polar surface area (TPSA) is 54.0 Å². The summed E-state index contributed by atoms with van der Waals surface area (Å²) in [6.07, 6.45) is 9.42. The number of amides is 1. The highest BCUT2D eigenvalue weighted by Crippen LogP contribution is 2.21. The Bertz CT molecular complexity index is 716. The first-order chi connectivity index (χ1) is 12.1. The summed E-state index contributed by atoms with van der Waals surface area (Å²) in [5.41, 5.74) is 3.69. The fourth-order valence-corrected chi connectivity index (χ4v) is 3.27. The molecule has 1 aliphatic carbocycles. The van der Waals surface area contributed by atoms with E-state index in [-0.39, 0.29) is 5.91 Å². The third kappa shape index (κ3) is 4.81. The van der Waals surface area contributed by atoms with E-state index < -0.39 is 0 Å². The summed E-state index contributed by atoms with van der Waals surface area (Å²) in [5.74, 6) is 0.783. The summed E-state index contributed by atoms with van der Waals surface area (Å²) >= 11 is 0. The highest BCUT2D eigenvalue weighted by atomic mass is 16.1. The van der Waals surface area contributed by atoms with Crippen LogP contribution >= 0.6 is 0 Å². The van der Waals surface area contributed by atoms with E-state index in [2.05, 4.69) is 15.6 Å². The highest BCUT2D eigenvalue weighted by molar-refractivity contribution is 6.04. The van der Waals surface area contributed by atoms with Gasteiger partial charge >= 0.3 is 0 Å². The lowest BCUT2D eigenvalue weighted by atomic mass is 10.1. The van der Waals surface area contributed by atoms with Gasteiger partial charge in [-0.3, -0.25) is 4.79 Å². The van der Waals surface area contributed by atoms with Crippen LogP contribution in [-0.2, 0) is 0 Å². The third-order valence-electron chi connectivity index (χ3n) is 5.00. The number of nitrogens with one attached hydrogen (secondary N) is 2. The maximum atomic E-state index is 12.4. The van der Waals surface area contributed by atoms with Crippen LogP contribution in [0.4, 0.5) is 11.5 Å². The van der Waals surface area contributed by atoms with E-state index in [1.54, 1.807) is 6.20 Å². The molecule has 1 saturated carbocycles. The molecule has 4 nitrogen and oxygen atoms in total. The van der Waals surface area contributed by atoms with Crippen molar-refractivity contribution in [1.29, 1.82) is 0 Å². The molecular formula is C21H27N3O. The number of aryl methyl sites for hydroxylation is 2. The molecule has 1 aromatic carbocycles. The number of pyridine rings is 1. The van der Waals surface area contributed by atoms with Gasteiger partial charge in [0.1, 0.15) is 5.82 Å². The SMILES string of the molecule is Cc1ccc(C(=O)Nc2ccc(NC3CCCCCC3)nc2)cc1C. The molecule has 0 spiro atoms. The Hall–Kier alpha value is -2.36. The zero-order chi connectivity index (χ0) is 17.6. The Morgan fingerprint density at radius 3 is 2.40 bits per heavy atom. The average Bonchev–Trinajstić information content (AvgIpc) is 2.87. The molecule has 0 saturated heterocycles. The van der Waals surface area contributed by atoms with Crippen LogP contribution in [0.2, 0.25) is 0 Å². The van der Waals surface area contributed by atoms with Crippen LogP contribution in [0.15, 0.2) is 36.5 Å². The zero-order valence-electron chi connectivity index (χ0n) is 15.1. The van der Waals surface area contributed by atoms with E-state index >= 15 is 0 Å². The van der Waals surface area contributed by atoms with Crippen LogP contribution in [-0.4, -0.2) is 16.9 Å². The summed E-state index contributed by atoms with van der Waals surface area (Å²) < 4.78 is 0. The average molecular weight is 337 g/mol. The van der Waals surface area contributed by atoms with Crippen LogP contribution in [0.5, 0.6) is 0 Å². The number of anilines is 2. The molecule has 2 aromatic rings. The first kappa shape index (κ1) is 17.5. The molecule has 0 atom stereocenters. The van der Waals surface area contributed by atoms with E-state index in [1.807, 2.05) is 44.2 Å². The Kier molecular flexibility index (Phi) is 5.69. The standard InChI is InChI=1S/C21H27N3O/c1-15-9-10-17(13-16(15)2)21(25)24-19-11-12-20(22-14-19)23-18-7-5-3-4-6-8-18/h9-14,18H,3-8H2,1-2H3,(H,22,23)(H,24,25). The molecule has 1 aliphatic rings. The quantitative estimate of drug-likeness (QED) is 0.765. The van der Waals surface area contributed by atoms with Gasteiger partial charge in [0, 0.05) is 11.6 Å². The van der Waals surface area contributed by atoms with E-state index in [4.69, 9.17) is 0 Å². The molecule has 0 bridgehead atoms. The number of aromatic nitrogens is 1. The Balaban J connectivity index is 1.59. The molecule has 2 N–H and O–H groups in total. The Labute approximate surface area is 150 Å². The van der Waals surface area contributed by atoms with Gasteiger partial charge in [0.05, 0.1) is 11.9 Å². The lowest BCUT2D eigenvalue weighted by Gasteiger charge is -2.17. The molecule has 1 amide bonds. The van der Waals surface area contributed by atoms with Crippen molar-refractivity contribution in [1.82, 2.24) is 4.98 Å². The predicted octanol–water partition coefficient (Wildman–Crippen LogP) is 5.09. The summed E-state index contributed by atoms with van der Waals surface area (Å²) in [5, 5.41) is 6.44. The van der Waals surface area contributed by atoms with Gasteiger partial charge in [-0.2, -0.15) is 0 Å². The lowest BCUT2D eigenvalue weighted by molar-refractivity contribution is 0.102. The largest absolute Gasteiger partial charge is 0.367 e. The van der Waals surface area contributed by atoms with Crippen molar-refractivity contribution in [3.8, 4) is 0 Å². The Morgan fingerprint density at radius 1 is 1.00 bits per heavy atom. The van der Waals surface area contributed by atoms with Gasteiger partial charge in [-0.1, -0.05) is 31.7 Å². The van der Waals surface area contributed by atoms with Crippen LogP contribution in [0, 0.1) is 13.8 Å². The van der Waals surface area contributed by atoms with Crippen LogP contribution in [0.25, 0.3) is 0 Å². The van der Waals surface area contributed by atoms with Crippen molar-refractivity contribution in [3.63, 3.8) is 0 Å². The first-order valence-electron chi connectivity index (χ1n) is 9.23. The number of rotatable bonds is 4. The molecule has 1 heterocycles. The number of hydrogen-bond donors (Lipinski definition) is 2. The van der Waals surface area contributed by atoms with E-state index in [9.17, 15) is 4.79 Å². The van der Waals surface area contributed by atoms with Gasteiger partial charge in [0.25, 0.3) is 5.91 Å². The minimum Gasteiger partial charge on any atom is -0.367 e. The molecular weight excluding hydrogens is 310 g/mol. The Morgan fingerprint density at radius 2 is 1.76 bits per heavy atom. The molecule has 1 aromatic heterocycles. The third-order valence-corrected chi connectivity index (χ3v) is 5.00. The molecule has 132 valence electrons. The number of hydrogen-bond acceptors (Lipinski definition) is 3. The monoisotopic (exact) mass is 337 g/mol. The molecule has 25 heavy (non-hydrogen) atoms. The zero-order valence-corrected chi connectivity index (χ0v) is 15.1. The van der Waals surface area contributed by atoms with Crippen molar-refractivity contribution < 1.29 is 4.79 Å². The minimum atomic E-state index is -0.102. The lowest BCUT2D eigenvalue weighted by Crippen LogP contribution is -2.19. The van der Waals surface area contributed by atoms with Crippen molar-refractivity contribution >= 4 is 17.4 Å². The van der Waals surface area contributed by atoms with E-state index in [1.165, 1.54) is 44.1 Å². The van der Waals surface area contributed by atoms with Gasteiger partial charge in [-0.05, 0) is 62.1 Å². The van der Waals surface area contributed by atoms with Gasteiger partial charge in [-0.15, -0.1) is 0 Å². The van der Waals surface area contributed by atoms with E-state index in [0.29, 0.717) is 11.6 Å². The van der Waals surface area contributed by atoms with Gasteiger partial charge in [0.15, 0.2) is 0 Å². The highest BCUT2D eigenvalue weighted by Gasteiger charge is 2.12. The smallest absolute Gasteiger partial charge is 0.255 e. The number of benzene rings is 1.